The molecule has 2 heterocycles. The molecule has 0 aromatic carbocycles. The Morgan fingerprint density at radius 2 is 2.12 bits per heavy atom. The highest BCUT2D eigenvalue weighted by atomic mass is 15.1. The van der Waals surface area contributed by atoms with Crippen molar-refractivity contribution in [2.24, 2.45) is 0 Å². The first-order valence-corrected chi connectivity index (χ1v) is 5.85. The van der Waals surface area contributed by atoms with Crippen LogP contribution in [0.3, 0.4) is 0 Å². The van der Waals surface area contributed by atoms with Gasteiger partial charge in [-0.1, -0.05) is 19.9 Å². The van der Waals surface area contributed by atoms with Gasteiger partial charge in [-0.3, -0.25) is 4.57 Å². The van der Waals surface area contributed by atoms with Crippen molar-refractivity contribution in [2.75, 3.05) is 0 Å². The Morgan fingerprint density at radius 1 is 1.29 bits per heavy atom. The second-order valence-electron chi connectivity index (χ2n) is 4.40. The smallest absolute Gasteiger partial charge is 0.137 e. The summed E-state index contributed by atoms with van der Waals surface area (Å²) in [5, 5.41) is 3.37. The third-order valence-corrected chi connectivity index (χ3v) is 2.60. The molecule has 0 atom stereocenters. The molecule has 0 saturated carbocycles. The van der Waals surface area contributed by atoms with Gasteiger partial charge in [0, 0.05) is 31.2 Å². The van der Waals surface area contributed by atoms with Crippen LogP contribution in [0.4, 0.5) is 0 Å². The van der Waals surface area contributed by atoms with Crippen molar-refractivity contribution >= 4 is 0 Å². The number of nitrogens with one attached hydrogen (secondary N) is 1. The van der Waals surface area contributed by atoms with Crippen LogP contribution in [-0.2, 0) is 6.54 Å². The number of imidazole rings is 1. The molecule has 90 valence electrons. The van der Waals surface area contributed by atoms with Crippen LogP contribution in [0.15, 0.2) is 30.7 Å². The molecule has 0 amide bonds. The third kappa shape index (κ3) is 2.91. The van der Waals surface area contributed by atoms with E-state index < -0.39 is 0 Å². The van der Waals surface area contributed by atoms with E-state index in [2.05, 4.69) is 35.2 Å². The number of aromatic nitrogens is 3. The van der Waals surface area contributed by atoms with Gasteiger partial charge in [0.05, 0.1) is 0 Å². The average molecular weight is 230 g/mol. The zero-order valence-electron chi connectivity index (χ0n) is 10.5. The van der Waals surface area contributed by atoms with Crippen molar-refractivity contribution in [3.05, 3.63) is 42.1 Å². The minimum Gasteiger partial charge on any atom is -0.310 e. The number of aryl methyl sites for hydroxylation is 1. The van der Waals surface area contributed by atoms with E-state index in [-0.39, 0.29) is 0 Å². The number of pyridine rings is 1. The van der Waals surface area contributed by atoms with Crippen molar-refractivity contribution in [1.82, 2.24) is 19.9 Å². The molecule has 0 aliphatic rings. The van der Waals surface area contributed by atoms with Crippen LogP contribution in [0, 0.1) is 6.92 Å². The third-order valence-electron chi connectivity index (χ3n) is 2.60. The predicted molar refractivity (Wildman–Crippen MR) is 68.1 cm³/mol. The van der Waals surface area contributed by atoms with E-state index >= 15 is 0 Å². The maximum absolute atomic E-state index is 4.44. The number of hydrogen-bond donors (Lipinski definition) is 1. The normalized spacial score (nSPS) is 11.1. The summed E-state index contributed by atoms with van der Waals surface area (Å²) >= 11 is 0. The van der Waals surface area contributed by atoms with E-state index in [0.717, 1.165) is 18.2 Å². The van der Waals surface area contributed by atoms with Gasteiger partial charge in [0.2, 0.25) is 0 Å². The molecular formula is C13H18N4. The fourth-order valence-electron chi connectivity index (χ4n) is 1.61. The summed E-state index contributed by atoms with van der Waals surface area (Å²) in [6.45, 7) is 7.09. The Hall–Kier alpha value is -1.68. The number of nitrogens with zero attached hydrogens (tertiary/aromatic N) is 3. The van der Waals surface area contributed by atoms with Gasteiger partial charge in [0.25, 0.3) is 0 Å². The van der Waals surface area contributed by atoms with Crippen molar-refractivity contribution < 1.29 is 0 Å². The molecule has 0 fully saturated rings. The maximum Gasteiger partial charge on any atom is 0.137 e. The van der Waals surface area contributed by atoms with E-state index in [1.807, 2.05) is 30.0 Å². The molecule has 0 saturated heterocycles. The van der Waals surface area contributed by atoms with Gasteiger partial charge in [0.15, 0.2) is 0 Å². The van der Waals surface area contributed by atoms with Gasteiger partial charge in [-0.25, -0.2) is 9.97 Å². The topological polar surface area (TPSA) is 42.7 Å². The van der Waals surface area contributed by atoms with Gasteiger partial charge < -0.3 is 5.32 Å². The second kappa shape index (κ2) is 5.10. The second-order valence-corrected chi connectivity index (χ2v) is 4.40. The molecule has 4 nitrogen and oxygen atoms in total. The zero-order chi connectivity index (χ0) is 12.3. The SMILES string of the molecule is Cc1nccn1-c1ccc(CNC(C)C)cn1. The lowest BCUT2D eigenvalue weighted by Gasteiger charge is -2.09. The molecule has 2 aromatic heterocycles. The van der Waals surface area contributed by atoms with E-state index in [1.165, 1.54) is 5.56 Å². The Kier molecular flexibility index (Phi) is 3.54. The average Bonchev–Trinajstić information content (AvgIpc) is 2.73. The molecule has 0 radical (unpaired) electrons. The molecule has 0 spiro atoms. The van der Waals surface area contributed by atoms with Crippen LogP contribution in [0.1, 0.15) is 25.2 Å². The van der Waals surface area contributed by atoms with Gasteiger partial charge in [-0.15, -0.1) is 0 Å². The predicted octanol–water partition coefficient (Wildman–Crippen LogP) is 2.07. The zero-order valence-corrected chi connectivity index (χ0v) is 10.5. The highest BCUT2D eigenvalue weighted by Crippen LogP contribution is 2.08. The summed E-state index contributed by atoms with van der Waals surface area (Å²) in [4.78, 5) is 8.63. The van der Waals surface area contributed by atoms with E-state index in [0.29, 0.717) is 6.04 Å². The van der Waals surface area contributed by atoms with Crippen LogP contribution >= 0.6 is 0 Å². The first kappa shape index (κ1) is 11.8. The molecule has 0 unspecified atom stereocenters. The molecule has 0 aliphatic carbocycles. The molecule has 2 rings (SSSR count). The fraction of sp³-hybridized carbons (Fsp3) is 0.385. The van der Waals surface area contributed by atoms with E-state index in [1.54, 1.807) is 6.20 Å². The van der Waals surface area contributed by atoms with Crippen molar-refractivity contribution in [2.45, 2.75) is 33.4 Å². The van der Waals surface area contributed by atoms with E-state index in [4.69, 9.17) is 0 Å². The maximum atomic E-state index is 4.44. The van der Waals surface area contributed by atoms with Gasteiger partial charge in [0.1, 0.15) is 11.6 Å². The number of hydrogen-bond acceptors (Lipinski definition) is 3. The largest absolute Gasteiger partial charge is 0.310 e. The van der Waals surface area contributed by atoms with Crippen molar-refractivity contribution in [3.8, 4) is 5.82 Å². The lowest BCUT2D eigenvalue weighted by Crippen LogP contribution is -2.21. The molecule has 2 aromatic rings. The lowest BCUT2D eigenvalue weighted by atomic mass is 10.2. The van der Waals surface area contributed by atoms with Crippen LogP contribution < -0.4 is 5.32 Å². The summed E-state index contributed by atoms with van der Waals surface area (Å²) in [6, 6.07) is 4.61. The van der Waals surface area contributed by atoms with E-state index in [9.17, 15) is 0 Å². The molecule has 4 heteroatoms. The quantitative estimate of drug-likeness (QED) is 0.874. The van der Waals surface area contributed by atoms with Crippen molar-refractivity contribution in [3.63, 3.8) is 0 Å². The van der Waals surface area contributed by atoms with Crippen LogP contribution in [-0.4, -0.2) is 20.6 Å². The Bertz CT molecular complexity index is 470. The van der Waals surface area contributed by atoms with Crippen LogP contribution in [0.2, 0.25) is 0 Å². The van der Waals surface area contributed by atoms with Crippen molar-refractivity contribution in [1.29, 1.82) is 0 Å². The molecular weight excluding hydrogens is 212 g/mol. The molecule has 17 heavy (non-hydrogen) atoms. The Balaban J connectivity index is 2.11. The first-order valence-electron chi connectivity index (χ1n) is 5.85. The lowest BCUT2D eigenvalue weighted by molar-refractivity contribution is 0.588. The van der Waals surface area contributed by atoms with Crippen LogP contribution in [0.25, 0.3) is 5.82 Å². The standard InChI is InChI=1S/C13H18N4/c1-10(2)15-8-12-4-5-13(16-9-12)17-7-6-14-11(17)3/h4-7,9-10,15H,8H2,1-3H3. The molecule has 0 bridgehead atoms. The molecule has 1 N–H and O–H groups in total. The summed E-state index contributed by atoms with van der Waals surface area (Å²) < 4.78 is 1.97. The van der Waals surface area contributed by atoms with Crippen LogP contribution in [0.5, 0.6) is 0 Å². The van der Waals surface area contributed by atoms with Gasteiger partial charge in [-0.05, 0) is 18.6 Å². The summed E-state index contributed by atoms with van der Waals surface area (Å²) in [7, 11) is 0. The summed E-state index contributed by atoms with van der Waals surface area (Å²) in [5.41, 5.74) is 1.19. The monoisotopic (exact) mass is 230 g/mol. The summed E-state index contributed by atoms with van der Waals surface area (Å²) in [5.74, 6) is 1.86. The van der Waals surface area contributed by atoms with Gasteiger partial charge >= 0.3 is 0 Å². The van der Waals surface area contributed by atoms with Gasteiger partial charge in [-0.2, -0.15) is 0 Å². The number of rotatable bonds is 4. The fourth-order valence-corrected chi connectivity index (χ4v) is 1.61. The Labute approximate surface area is 102 Å². The minimum absolute atomic E-state index is 0.491. The first-order chi connectivity index (χ1) is 8.16. The minimum atomic E-state index is 0.491. The summed E-state index contributed by atoms with van der Waals surface area (Å²) in [6.07, 6.45) is 5.61. The highest BCUT2D eigenvalue weighted by Gasteiger charge is 2.02. The highest BCUT2D eigenvalue weighted by molar-refractivity contribution is 5.27. The molecule has 0 aliphatic heterocycles. The Morgan fingerprint density at radius 3 is 2.65 bits per heavy atom.